The Hall–Kier alpha value is -3.96. The number of alkyl halides is 12. The van der Waals surface area contributed by atoms with Gasteiger partial charge in [0.05, 0.1) is 0 Å². The molecule has 0 amide bonds. The van der Waals surface area contributed by atoms with Crippen molar-refractivity contribution >= 4 is 0 Å². The van der Waals surface area contributed by atoms with Crippen LogP contribution in [0, 0.1) is 0 Å². The van der Waals surface area contributed by atoms with Crippen molar-refractivity contribution in [2.45, 2.75) is 74.1 Å². The Bertz CT molecular complexity index is 1950. The van der Waals surface area contributed by atoms with Gasteiger partial charge in [-0.1, -0.05) is 100 Å². The molecule has 0 spiro atoms. The molecule has 2 aliphatic rings. The molecule has 0 aliphatic heterocycles. The molecule has 0 unspecified atom stereocenters. The Morgan fingerprint density at radius 3 is 1.21 bits per heavy atom. The largest absolute Gasteiger partial charge is 0.385 e. The van der Waals surface area contributed by atoms with Crippen molar-refractivity contribution in [3.8, 4) is 22.3 Å². The SMILES string of the molecule is CC1(C)c2ccccc2-c2cc(C(F)(F)C(F)(F)C(F)(F)C(F)(F)C(F)(F)C(F)(F)c3ccc4c(c3)C(C)(C)c3ccccc3-4)ccc21. The number of fused-ring (bicyclic) bond motifs is 6. The highest BCUT2D eigenvalue weighted by atomic mass is 19.4. The number of rotatable bonds is 7. The average Bonchev–Trinajstić information content (AvgIpc) is 3.40. The summed E-state index contributed by atoms with van der Waals surface area (Å²) in [6.45, 7) is 6.37. The molecule has 4 aromatic carbocycles. The van der Waals surface area contributed by atoms with Gasteiger partial charge in [-0.05, 0) is 56.6 Å². The third kappa shape index (κ3) is 4.00. The van der Waals surface area contributed by atoms with E-state index in [1.807, 2.05) is 0 Å². The van der Waals surface area contributed by atoms with Crippen LogP contribution in [0.3, 0.4) is 0 Å². The normalized spacial score (nSPS) is 17.1. The van der Waals surface area contributed by atoms with E-state index in [2.05, 4.69) is 0 Å². The predicted octanol–water partition coefficient (Wildman–Crippen LogP) is 11.7. The molecular formula is C36H26F12. The molecule has 0 aromatic heterocycles. The molecule has 0 radical (unpaired) electrons. The van der Waals surface area contributed by atoms with Gasteiger partial charge >= 0.3 is 35.5 Å². The monoisotopic (exact) mass is 686 g/mol. The molecule has 0 N–H and O–H groups in total. The van der Waals surface area contributed by atoms with Gasteiger partial charge in [0.15, 0.2) is 0 Å². The van der Waals surface area contributed by atoms with E-state index in [1.54, 1.807) is 50.2 Å². The van der Waals surface area contributed by atoms with Crippen molar-refractivity contribution in [1.82, 2.24) is 0 Å². The van der Waals surface area contributed by atoms with Crippen molar-refractivity contribution < 1.29 is 52.7 Å². The zero-order valence-corrected chi connectivity index (χ0v) is 25.6. The van der Waals surface area contributed by atoms with Crippen molar-refractivity contribution in [3.05, 3.63) is 118 Å². The summed E-state index contributed by atoms with van der Waals surface area (Å²) in [5.74, 6) is -42.4. The summed E-state index contributed by atoms with van der Waals surface area (Å²) < 4.78 is 182. The third-order valence-electron chi connectivity index (χ3n) is 9.86. The lowest BCUT2D eigenvalue weighted by Crippen LogP contribution is -2.69. The lowest BCUT2D eigenvalue weighted by Gasteiger charge is -2.41. The predicted molar refractivity (Wildman–Crippen MR) is 156 cm³/mol. The fourth-order valence-electron chi connectivity index (χ4n) is 6.97. The highest BCUT2D eigenvalue weighted by molar-refractivity contribution is 5.82. The van der Waals surface area contributed by atoms with E-state index in [-0.39, 0.29) is 28.3 Å². The second-order valence-electron chi connectivity index (χ2n) is 13.3. The molecule has 6 rings (SSSR count). The zero-order chi connectivity index (χ0) is 35.7. The van der Waals surface area contributed by atoms with Crippen LogP contribution >= 0.6 is 0 Å². The van der Waals surface area contributed by atoms with Crippen LogP contribution in [0.25, 0.3) is 22.3 Å². The van der Waals surface area contributed by atoms with Crippen LogP contribution in [0.2, 0.25) is 0 Å². The van der Waals surface area contributed by atoms with E-state index in [0.29, 0.717) is 40.5 Å². The van der Waals surface area contributed by atoms with Gasteiger partial charge in [0, 0.05) is 22.0 Å². The van der Waals surface area contributed by atoms with Gasteiger partial charge in [0.1, 0.15) is 0 Å². The molecule has 0 heterocycles. The van der Waals surface area contributed by atoms with Gasteiger partial charge in [-0.2, -0.15) is 52.7 Å². The maximum atomic E-state index is 15.4. The van der Waals surface area contributed by atoms with Crippen LogP contribution in [0.5, 0.6) is 0 Å². The first-order valence-electron chi connectivity index (χ1n) is 14.6. The Morgan fingerprint density at radius 1 is 0.354 bits per heavy atom. The average molecular weight is 687 g/mol. The van der Waals surface area contributed by atoms with E-state index in [4.69, 9.17) is 0 Å². The minimum Gasteiger partial charge on any atom is -0.194 e. The molecule has 2 aliphatic carbocycles. The Morgan fingerprint density at radius 2 is 0.708 bits per heavy atom. The Labute approximate surface area is 267 Å². The smallest absolute Gasteiger partial charge is 0.194 e. The van der Waals surface area contributed by atoms with E-state index in [9.17, 15) is 0 Å². The van der Waals surface area contributed by atoms with Crippen LogP contribution in [-0.4, -0.2) is 23.7 Å². The van der Waals surface area contributed by atoms with Gasteiger partial charge in [-0.15, -0.1) is 0 Å². The zero-order valence-electron chi connectivity index (χ0n) is 25.6. The summed E-state index contributed by atoms with van der Waals surface area (Å²) in [6, 6.07) is 15.8. The van der Waals surface area contributed by atoms with Crippen LogP contribution in [0.15, 0.2) is 84.9 Å². The summed E-state index contributed by atoms with van der Waals surface area (Å²) in [5, 5.41) is 0. The first-order chi connectivity index (χ1) is 21.9. The molecule has 0 nitrogen and oxygen atoms in total. The topological polar surface area (TPSA) is 0 Å². The second kappa shape index (κ2) is 9.81. The number of hydrogen-bond donors (Lipinski definition) is 0. The van der Waals surface area contributed by atoms with Crippen molar-refractivity contribution in [2.75, 3.05) is 0 Å². The van der Waals surface area contributed by atoms with Crippen molar-refractivity contribution in [1.29, 1.82) is 0 Å². The van der Waals surface area contributed by atoms with E-state index in [0.717, 1.165) is 12.1 Å². The molecule has 48 heavy (non-hydrogen) atoms. The van der Waals surface area contributed by atoms with Crippen LogP contribution in [-0.2, 0) is 22.7 Å². The summed E-state index contributed by atoms with van der Waals surface area (Å²) in [7, 11) is 0. The minimum atomic E-state index is -7.70. The highest BCUT2D eigenvalue weighted by Gasteiger charge is 2.90. The molecule has 0 saturated heterocycles. The van der Waals surface area contributed by atoms with Crippen molar-refractivity contribution in [2.24, 2.45) is 0 Å². The molecule has 0 saturated carbocycles. The molecule has 0 atom stereocenters. The maximum Gasteiger partial charge on any atom is 0.385 e. The summed E-state index contributed by atoms with van der Waals surface area (Å²) in [6.07, 6.45) is 0. The standard InChI is InChI=1S/C36H26F12/c1-29(2)26-12-8-6-10-22(26)24-17-19(14-16-27(24)29)31(37,38)33(41,42)35(45,46)36(47,48)34(43,44)32(39,40)20-13-15-23-21-9-5-7-11-25(21)30(3,4)28(23)18-20/h5-18H,1-4H3. The summed E-state index contributed by atoms with van der Waals surface area (Å²) in [5.41, 5.74) is -3.46. The van der Waals surface area contributed by atoms with Gasteiger partial charge < -0.3 is 0 Å². The fourth-order valence-corrected chi connectivity index (χ4v) is 6.97. The second-order valence-corrected chi connectivity index (χ2v) is 13.3. The summed E-state index contributed by atoms with van der Waals surface area (Å²) >= 11 is 0. The van der Waals surface area contributed by atoms with Gasteiger partial charge in [-0.3, -0.25) is 0 Å². The number of benzene rings is 4. The van der Waals surface area contributed by atoms with Crippen molar-refractivity contribution in [3.63, 3.8) is 0 Å². The van der Waals surface area contributed by atoms with Crippen LogP contribution in [0.4, 0.5) is 52.7 Å². The molecule has 0 bridgehead atoms. The lowest BCUT2D eigenvalue weighted by molar-refractivity contribution is -0.429. The lowest BCUT2D eigenvalue weighted by atomic mass is 9.80. The molecule has 12 heteroatoms. The quantitative estimate of drug-likeness (QED) is 0.170. The fraction of sp³-hybridized carbons (Fsp3) is 0.333. The summed E-state index contributed by atoms with van der Waals surface area (Å²) in [4.78, 5) is 0. The molecule has 4 aromatic rings. The Balaban J connectivity index is 1.39. The van der Waals surface area contributed by atoms with E-state index < -0.39 is 57.5 Å². The minimum absolute atomic E-state index is 0.0509. The molecular weight excluding hydrogens is 660 g/mol. The number of halogens is 12. The highest BCUT2D eigenvalue weighted by Crippen LogP contribution is 2.64. The molecule has 0 fully saturated rings. The first kappa shape index (κ1) is 33.9. The van der Waals surface area contributed by atoms with E-state index in [1.165, 1.54) is 26.0 Å². The number of hydrogen-bond acceptors (Lipinski definition) is 0. The first-order valence-corrected chi connectivity index (χ1v) is 14.6. The Kier molecular flexibility index (Phi) is 6.94. The van der Waals surface area contributed by atoms with Gasteiger partial charge in [-0.25, -0.2) is 0 Å². The molecule has 254 valence electrons. The van der Waals surface area contributed by atoms with Gasteiger partial charge in [0.2, 0.25) is 0 Å². The maximum absolute atomic E-state index is 15.4. The van der Waals surface area contributed by atoms with E-state index >= 15 is 52.7 Å². The third-order valence-corrected chi connectivity index (χ3v) is 9.86. The van der Waals surface area contributed by atoms with Gasteiger partial charge in [0.25, 0.3) is 0 Å². The van der Waals surface area contributed by atoms with Crippen LogP contribution in [0.1, 0.15) is 61.1 Å². The van der Waals surface area contributed by atoms with Crippen LogP contribution < -0.4 is 0 Å².